The second-order valence-corrected chi connectivity index (χ2v) is 5.52. The molecule has 2 aliphatic rings. The number of nitrogens with two attached hydrogens (primary N) is 1. The van der Waals surface area contributed by atoms with Crippen molar-refractivity contribution in [2.24, 2.45) is 11.7 Å². The average molecular weight is 246 g/mol. The first-order valence-corrected chi connectivity index (χ1v) is 7.05. The Labute approximate surface area is 109 Å². The van der Waals surface area contributed by atoms with Crippen molar-refractivity contribution >= 4 is 0 Å². The number of piperidine rings is 1. The minimum atomic E-state index is 0.167. The Balaban J connectivity index is 1.66. The lowest BCUT2D eigenvalue weighted by Gasteiger charge is -2.25. The molecule has 0 amide bonds. The van der Waals surface area contributed by atoms with E-state index in [1.807, 2.05) is 0 Å². The van der Waals surface area contributed by atoms with Gasteiger partial charge in [-0.25, -0.2) is 0 Å². The third-order valence-electron chi connectivity index (χ3n) is 4.13. The number of ether oxygens (including phenoxy) is 1. The van der Waals surface area contributed by atoms with E-state index in [1.54, 1.807) is 0 Å². The van der Waals surface area contributed by atoms with Crippen molar-refractivity contribution in [3.05, 3.63) is 29.3 Å². The van der Waals surface area contributed by atoms with Gasteiger partial charge in [-0.15, -0.1) is 0 Å². The van der Waals surface area contributed by atoms with Crippen molar-refractivity contribution in [3.63, 3.8) is 0 Å². The minimum absolute atomic E-state index is 0.167. The normalized spacial score (nSPS) is 24.4. The van der Waals surface area contributed by atoms with Crippen molar-refractivity contribution in [2.75, 3.05) is 19.7 Å². The first-order chi connectivity index (χ1) is 8.83. The molecule has 0 saturated carbocycles. The van der Waals surface area contributed by atoms with Gasteiger partial charge in [0.05, 0.1) is 6.61 Å². The van der Waals surface area contributed by atoms with Crippen molar-refractivity contribution < 1.29 is 4.74 Å². The van der Waals surface area contributed by atoms with E-state index in [-0.39, 0.29) is 6.04 Å². The van der Waals surface area contributed by atoms with Crippen LogP contribution in [0.2, 0.25) is 0 Å². The molecule has 98 valence electrons. The van der Waals surface area contributed by atoms with Crippen LogP contribution in [-0.4, -0.2) is 19.7 Å². The summed E-state index contributed by atoms with van der Waals surface area (Å²) in [7, 11) is 0. The molecule has 0 spiro atoms. The SMILES string of the molecule is NC(CC1CCCNC1)c1ccc2c(c1)CCO2. The van der Waals surface area contributed by atoms with Gasteiger partial charge in [-0.05, 0) is 55.5 Å². The predicted octanol–water partition coefficient (Wildman–Crippen LogP) is 2.01. The van der Waals surface area contributed by atoms with E-state index in [4.69, 9.17) is 10.5 Å². The molecule has 3 heteroatoms. The molecular formula is C15H22N2O. The Morgan fingerprint density at radius 3 is 3.22 bits per heavy atom. The van der Waals surface area contributed by atoms with Crippen LogP contribution in [0.3, 0.4) is 0 Å². The molecule has 18 heavy (non-hydrogen) atoms. The van der Waals surface area contributed by atoms with Gasteiger partial charge in [-0.1, -0.05) is 12.1 Å². The van der Waals surface area contributed by atoms with Gasteiger partial charge in [0.15, 0.2) is 0 Å². The van der Waals surface area contributed by atoms with Gasteiger partial charge in [-0.2, -0.15) is 0 Å². The van der Waals surface area contributed by atoms with Gasteiger partial charge in [0.1, 0.15) is 5.75 Å². The second kappa shape index (κ2) is 5.29. The number of rotatable bonds is 3. The van der Waals surface area contributed by atoms with Crippen LogP contribution in [0.4, 0.5) is 0 Å². The summed E-state index contributed by atoms with van der Waals surface area (Å²) in [6.45, 7) is 3.12. The lowest BCUT2D eigenvalue weighted by molar-refractivity contribution is 0.336. The van der Waals surface area contributed by atoms with E-state index in [1.165, 1.54) is 30.5 Å². The summed E-state index contributed by atoms with van der Waals surface area (Å²) in [5.74, 6) is 1.78. The Morgan fingerprint density at radius 2 is 2.39 bits per heavy atom. The molecule has 2 heterocycles. The maximum absolute atomic E-state index is 6.35. The smallest absolute Gasteiger partial charge is 0.122 e. The summed E-state index contributed by atoms with van der Waals surface area (Å²) < 4.78 is 5.53. The summed E-state index contributed by atoms with van der Waals surface area (Å²) >= 11 is 0. The van der Waals surface area contributed by atoms with Crippen LogP contribution >= 0.6 is 0 Å². The van der Waals surface area contributed by atoms with Crippen molar-refractivity contribution in [2.45, 2.75) is 31.7 Å². The fourth-order valence-corrected chi connectivity index (χ4v) is 3.06. The highest BCUT2D eigenvalue weighted by atomic mass is 16.5. The quantitative estimate of drug-likeness (QED) is 0.857. The maximum atomic E-state index is 6.35. The molecule has 1 fully saturated rings. The topological polar surface area (TPSA) is 47.3 Å². The molecule has 2 unspecified atom stereocenters. The molecular weight excluding hydrogens is 224 g/mol. The second-order valence-electron chi connectivity index (χ2n) is 5.52. The maximum Gasteiger partial charge on any atom is 0.122 e. The Morgan fingerprint density at radius 1 is 1.44 bits per heavy atom. The molecule has 2 atom stereocenters. The summed E-state index contributed by atoms with van der Waals surface area (Å²) in [6, 6.07) is 6.62. The van der Waals surface area contributed by atoms with E-state index in [2.05, 4.69) is 23.5 Å². The lowest BCUT2D eigenvalue weighted by Crippen LogP contribution is -2.31. The van der Waals surface area contributed by atoms with E-state index in [0.717, 1.165) is 37.7 Å². The monoisotopic (exact) mass is 246 g/mol. The number of benzene rings is 1. The predicted molar refractivity (Wildman–Crippen MR) is 72.8 cm³/mol. The molecule has 1 saturated heterocycles. The van der Waals surface area contributed by atoms with E-state index in [9.17, 15) is 0 Å². The van der Waals surface area contributed by atoms with Crippen molar-refractivity contribution in [1.29, 1.82) is 0 Å². The molecule has 3 rings (SSSR count). The van der Waals surface area contributed by atoms with Gasteiger partial charge >= 0.3 is 0 Å². The molecule has 0 bridgehead atoms. The van der Waals surface area contributed by atoms with Gasteiger partial charge < -0.3 is 15.8 Å². The highest BCUT2D eigenvalue weighted by Crippen LogP contribution is 2.30. The Kier molecular flexibility index (Phi) is 3.52. The highest BCUT2D eigenvalue weighted by Gasteiger charge is 2.19. The first-order valence-electron chi connectivity index (χ1n) is 7.05. The zero-order valence-electron chi connectivity index (χ0n) is 10.8. The largest absolute Gasteiger partial charge is 0.493 e. The molecule has 0 aliphatic carbocycles. The molecule has 3 nitrogen and oxygen atoms in total. The average Bonchev–Trinajstić information content (AvgIpc) is 2.87. The highest BCUT2D eigenvalue weighted by molar-refractivity contribution is 5.40. The standard InChI is InChI=1S/C15H22N2O/c16-14(8-11-2-1-6-17-10-11)12-3-4-15-13(9-12)5-7-18-15/h3-4,9,11,14,17H,1-2,5-8,10,16H2. The number of hydrogen-bond acceptors (Lipinski definition) is 3. The molecule has 1 aromatic rings. The number of nitrogens with one attached hydrogen (secondary N) is 1. The Hall–Kier alpha value is -1.06. The van der Waals surface area contributed by atoms with Crippen LogP contribution in [-0.2, 0) is 6.42 Å². The van der Waals surface area contributed by atoms with Gasteiger partial charge in [0.2, 0.25) is 0 Å². The lowest BCUT2D eigenvalue weighted by atomic mass is 9.89. The van der Waals surface area contributed by atoms with Gasteiger partial charge in [-0.3, -0.25) is 0 Å². The van der Waals surface area contributed by atoms with Crippen LogP contribution in [0, 0.1) is 5.92 Å². The molecule has 3 N–H and O–H groups in total. The minimum Gasteiger partial charge on any atom is -0.493 e. The first kappa shape index (κ1) is 12.0. The van der Waals surface area contributed by atoms with E-state index >= 15 is 0 Å². The van der Waals surface area contributed by atoms with Crippen LogP contribution in [0.25, 0.3) is 0 Å². The fourth-order valence-electron chi connectivity index (χ4n) is 3.06. The zero-order chi connectivity index (χ0) is 12.4. The Bertz CT molecular complexity index is 413. The van der Waals surface area contributed by atoms with E-state index in [0.29, 0.717) is 0 Å². The van der Waals surface area contributed by atoms with Crippen LogP contribution < -0.4 is 15.8 Å². The fraction of sp³-hybridized carbons (Fsp3) is 0.600. The summed E-state index contributed by atoms with van der Waals surface area (Å²) in [6.07, 6.45) is 4.72. The summed E-state index contributed by atoms with van der Waals surface area (Å²) in [5.41, 5.74) is 8.94. The van der Waals surface area contributed by atoms with Crippen molar-refractivity contribution in [3.8, 4) is 5.75 Å². The number of fused-ring (bicyclic) bond motifs is 1. The summed E-state index contributed by atoms with van der Waals surface area (Å²) in [5, 5.41) is 3.46. The molecule has 1 aromatic carbocycles. The third-order valence-corrected chi connectivity index (χ3v) is 4.13. The number of hydrogen-bond donors (Lipinski definition) is 2. The van der Waals surface area contributed by atoms with Crippen LogP contribution in [0.1, 0.15) is 36.4 Å². The van der Waals surface area contributed by atoms with Gasteiger partial charge in [0.25, 0.3) is 0 Å². The van der Waals surface area contributed by atoms with Crippen LogP contribution in [0.5, 0.6) is 5.75 Å². The molecule has 0 radical (unpaired) electrons. The van der Waals surface area contributed by atoms with Gasteiger partial charge in [0, 0.05) is 12.5 Å². The van der Waals surface area contributed by atoms with Crippen LogP contribution in [0.15, 0.2) is 18.2 Å². The summed E-state index contributed by atoms with van der Waals surface area (Å²) in [4.78, 5) is 0. The third kappa shape index (κ3) is 2.52. The van der Waals surface area contributed by atoms with Crippen molar-refractivity contribution in [1.82, 2.24) is 5.32 Å². The van der Waals surface area contributed by atoms with E-state index < -0.39 is 0 Å². The zero-order valence-corrected chi connectivity index (χ0v) is 10.8. The molecule has 2 aliphatic heterocycles. The molecule has 0 aromatic heterocycles.